The van der Waals surface area contributed by atoms with E-state index in [1.807, 2.05) is 6.92 Å². The van der Waals surface area contributed by atoms with Crippen molar-refractivity contribution in [3.63, 3.8) is 0 Å². The highest BCUT2D eigenvalue weighted by atomic mass is 35.5. The van der Waals surface area contributed by atoms with Crippen LogP contribution in [0.15, 0.2) is 43.7 Å². The van der Waals surface area contributed by atoms with Crippen LogP contribution < -0.4 is 16.4 Å². The first kappa shape index (κ1) is 22.9. The number of primary sulfonamides is 1. The largest absolute Gasteiger partial charge is 0.494 e. The normalized spacial score (nSPS) is 12.0. The third kappa shape index (κ3) is 5.55. The molecule has 0 amide bonds. The number of unbranched alkanes of at least 4 members (excludes halogenated alkanes) is 1. The quantitative estimate of drug-likeness (QED) is 0.448. The molecule has 3 N–H and O–H groups in total. The SMILES string of the molecule is CCCCn1c(=O)c(C=Nc2ccc(S(N)(=O)=O)cc2)c(O)n(CCCCl)c1=O. The summed E-state index contributed by atoms with van der Waals surface area (Å²) < 4.78 is 24.8. The summed E-state index contributed by atoms with van der Waals surface area (Å²) in [6, 6.07) is 5.38. The van der Waals surface area contributed by atoms with Gasteiger partial charge in [-0.1, -0.05) is 13.3 Å². The van der Waals surface area contributed by atoms with Gasteiger partial charge in [-0.3, -0.25) is 18.9 Å². The van der Waals surface area contributed by atoms with E-state index < -0.39 is 27.2 Å². The van der Waals surface area contributed by atoms with Gasteiger partial charge >= 0.3 is 5.69 Å². The molecule has 9 nitrogen and oxygen atoms in total. The van der Waals surface area contributed by atoms with Crippen LogP contribution >= 0.6 is 11.6 Å². The van der Waals surface area contributed by atoms with E-state index >= 15 is 0 Å². The lowest BCUT2D eigenvalue weighted by molar-refractivity contribution is 0.384. The van der Waals surface area contributed by atoms with Gasteiger partial charge in [0.15, 0.2) is 0 Å². The molecule has 1 aromatic carbocycles. The summed E-state index contributed by atoms with van der Waals surface area (Å²) >= 11 is 5.69. The Kier molecular flexibility index (Phi) is 7.77. The minimum absolute atomic E-state index is 0.0733. The van der Waals surface area contributed by atoms with E-state index in [9.17, 15) is 23.1 Å². The van der Waals surface area contributed by atoms with E-state index in [2.05, 4.69) is 4.99 Å². The highest BCUT2D eigenvalue weighted by Crippen LogP contribution is 2.17. The number of nitrogens with zero attached hydrogens (tertiary/aromatic N) is 3. The zero-order valence-corrected chi connectivity index (χ0v) is 17.5. The number of rotatable bonds is 9. The van der Waals surface area contributed by atoms with E-state index in [0.29, 0.717) is 24.4 Å². The highest BCUT2D eigenvalue weighted by molar-refractivity contribution is 7.89. The molecule has 29 heavy (non-hydrogen) atoms. The summed E-state index contributed by atoms with van der Waals surface area (Å²) in [7, 11) is -3.83. The molecule has 2 aromatic rings. The van der Waals surface area contributed by atoms with Crippen LogP contribution in [0.4, 0.5) is 5.69 Å². The fourth-order valence-corrected chi connectivity index (χ4v) is 3.25. The van der Waals surface area contributed by atoms with Crippen LogP contribution in [-0.2, 0) is 23.1 Å². The number of benzene rings is 1. The van der Waals surface area contributed by atoms with Crippen molar-refractivity contribution in [3.05, 3.63) is 50.7 Å². The van der Waals surface area contributed by atoms with Gasteiger partial charge < -0.3 is 5.11 Å². The molecular weight excluding hydrogens is 420 g/mol. The number of aromatic nitrogens is 2. The number of hydrogen-bond acceptors (Lipinski definition) is 6. The van der Waals surface area contributed by atoms with Crippen LogP contribution in [0.5, 0.6) is 5.88 Å². The Morgan fingerprint density at radius 2 is 1.76 bits per heavy atom. The molecule has 0 spiro atoms. The molecule has 1 heterocycles. The fourth-order valence-electron chi connectivity index (χ4n) is 2.62. The summed E-state index contributed by atoms with van der Waals surface area (Å²) in [4.78, 5) is 29.4. The molecule has 0 saturated carbocycles. The standard InChI is InChI=1S/C18H23ClN4O5S/c1-2-3-10-22-16(24)15(17(25)23(18(22)26)11-4-9-19)12-21-13-5-7-14(8-6-13)29(20,27)28/h5-8,12,25H,2-4,9-11H2,1H3,(H2,20,27,28). The summed E-state index contributed by atoms with van der Waals surface area (Å²) in [5, 5.41) is 15.5. The highest BCUT2D eigenvalue weighted by Gasteiger charge is 2.17. The average Bonchev–Trinajstić information content (AvgIpc) is 2.67. The first-order chi connectivity index (χ1) is 13.7. The number of halogens is 1. The van der Waals surface area contributed by atoms with Crippen LogP contribution in [0.25, 0.3) is 0 Å². The molecule has 0 aliphatic heterocycles. The molecular formula is C18H23ClN4O5S. The minimum Gasteiger partial charge on any atom is -0.494 e. The topological polar surface area (TPSA) is 137 Å². The van der Waals surface area contributed by atoms with Crippen LogP contribution in [0.3, 0.4) is 0 Å². The molecule has 0 atom stereocenters. The summed E-state index contributed by atoms with van der Waals surface area (Å²) in [5.74, 6) is -0.192. The van der Waals surface area contributed by atoms with Crippen LogP contribution in [0.2, 0.25) is 0 Å². The van der Waals surface area contributed by atoms with Crippen molar-refractivity contribution in [2.75, 3.05) is 5.88 Å². The first-order valence-corrected chi connectivity index (χ1v) is 11.1. The number of nitrogens with two attached hydrogens (primary N) is 1. The molecule has 0 radical (unpaired) electrons. The molecule has 0 aliphatic carbocycles. The van der Waals surface area contributed by atoms with Gasteiger partial charge in [0.2, 0.25) is 15.9 Å². The van der Waals surface area contributed by atoms with Crippen molar-refractivity contribution in [2.45, 2.75) is 44.2 Å². The lowest BCUT2D eigenvalue weighted by Crippen LogP contribution is -2.41. The smallest absolute Gasteiger partial charge is 0.333 e. The van der Waals surface area contributed by atoms with Gasteiger partial charge in [-0.15, -0.1) is 11.6 Å². The second kappa shape index (κ2) is 9.86. The van der Waals surface area contributed by atoms with Gasteiger partial charge in [-0.25, -0.2) is 18.4 Å². The number of aliphatic imine (C=N–C) groups is 1. The number of alkyl halides is 1. The Hall–Kier alpha value is -2.43. The molecule has 2 rings (SSSR count). The predicted molar refractivity (Wildman–Crippen MR) is 112 cm³/mol. The Morgan fingerprint density at radius 3 is 2.31 bits per heavy atom. The maximum absolute atomic E-state index is 12.7. The number of hydrogen-bond donors (Lipinski definition) is 2. The van der Waals surface area contributed by atoms with E-state index in [1.165, 1.54) is 24.3 Å². The van der Waals surface area contributed by atoms with Crippen molar-refractivity contribution in [2.24, 2.45) is 10.1 Å². The van der Waals surface area contributed by atoms with Crippen molar-refractivity contribution in [1.82, 2.24) is 9.13 Å². The lowest BCUT2D eigenvalue weighted by atomic mass is 10.3. The molecule has 158 valence electrons. The number of aromatic hydroxyl groups is 1. The van der Waals surface area contributed by atoms with Gasteiger partial charge in [0.25, 0.3) is 5.56 Å². The molecule has 11 heteroatoms. The Labute approximate surface area is 173 Å². The summed E-state index contributed by atoms with van der Waals surface area (Å²) in [5.41, 5.74) is -1.03. The molecule has 1 aromatic heterocycles. The minimum atomic E-state index is -3.83. The van der Waals surface area contributed by atoms with Crippen molar-refractivity contribution < 1.29 is 13.5 Å². The molecule has 0 unspecified atom stereocenters. The Morgan fingerprint density at radius 1 is 1.14 bits per heavy atom. The van der Waals surface area contributed by atoms with Crippen molar-refractivity contribution in [3.8, 4) is 5.88 Å². The van der Waals surface area contributed by atoms with E-state index in [0.717, 1.165) is 21.8 Å². The predicted octanol–water partition coefficient (Wildman–Crippen LogP) is 1.54. The van der Waals surface area contributed by atoms with E-state index in [-0.39, 0.29) is 23.5 Å². The third-order valence-corrected chi connectivity index (χ3v) is 5.39. The maximum Gasteiger partial charge on any atom is 0.333 e. The zero-order valence-electron chi connectivity index (χ0n) is 15.9. The first-order valence-electron chi connectivity index (χ1n) is 9.00. The summed E-state index contributed by atoms with van der Waals surface area (Å²) in [6.07, 6.45) is 3.00. The van der Waals surface area contributed by atoms with Gasteiger partial charge in [0, 0.05) is 25.2 Å². The second-order valence-electron chi connectivity index (χ2n) is 6.32. The molecule has 0 bridgehead atoms. The Balaban J connectivity index is 2.51. The van der Waals surface area contributed by atoms with Gasteiger partial charge in [-0.2, -0.15) is 0 Å². The number of sulfonamides is 1. The van der Waals surface area contributed by atoms with Gasteiger partial charge in [0.1, 0.15) is 5.56 Å². The Bertz CT molecular complexity index is 1100. The van der Waals surface area contributed by atoms with Crippen LogP contribution in [-0.4, -0.2) is 34.8 Å². The average molecular weight is 443 g/mol. The fraction of sp³-hybridized carbons (Fsp3) is 0.389. The van der Waals surface area contributed by atoms with Crippen LogP contribution in [0.1, 0.15) is 31.7 Å². The van der Waals surface area contributed by atoms with Crippen LogP contribution in [0, 0.1) is 0 Å². The van der Waals surface area contributed by atoms with Crippen molar-refractivity contribution in [1.29, 1.82) is 0 Å². The molecule has 0 fully saturated rings. The van der Waals surface area contributed by atoms with E-state index in [1.54, 1.807) is 0 Å². The van der Waals surface area contributed by atoms with Gasteiger partial charge in [0.05, 0.1) is 10.6 Å². The van der Waals surface area contributed by atoms with Crippen molar-refractivity contribution >= 4 is 33.5 Å². The third-order valence-electron chi connectivity index (χ3n) is 4.19. The zero-order chi connectivity index (χ0) is 21.6. The summed E-state index contributed by atoms with van der Waals surface area (Å²) in [6.45, 7) is 2.31. The maximum atomic E-state index is 12.7. The van der Waals surface area contributed by atoms with E-state index in [4.69, 9.17) is 16.7 Å². The van der Waals surface area contributed by atoms with Gasteiger partial charge in [-0.05, 0) is 37.1 Å². The second-order valence-corrected chi connectivity index (χ2v) is 8.26. The lowest BCUT2D eigenvalue weighted by Gasteiger charge is -2.13. The molecule has 0 saturated heterocycles. The monoisotopic (exact) mass is 442 g/mol. The molecule has 0 aliphatic rings.